The first kappa shape index (κ1) is 12.0. The lowest BCUT2D eigenvalue weighted by Gasteiger charge is -2.07. The van der Waals surface area contributed by atoms with Crippen LogP contribution >= 0.6 is 0 Å². The maximum absolute atomic E-state index is 11.5. The van der Waals surface area contributed by atoms with Crippen LogP contribution in [0.25, 0.3) is 11.1 Å². The quantitative estimate of drug-likeness (QED) is 0.352. The number of non-ortho nitro benzene ring substituents is 1. The van der Waals surface area contributed by atoms with Gasteiger partial charge in [0.2, 0.25) is 0 Å². The second kappa shape index (κ2) is 4.44. The van der Waals surface area contributed by atoms with Crippen LogP contribution in [-0.2, 0) is 0 Å². The molecule has 0 N–H and O–H groups in total. The molecule has 0 atom stereocenters. The third kappa shape index (κ3) is 2.15. The van der Waals surface area contributed by atoms with Gasteiger partial charge >= 0.3 is 0 Å². The summed E-state index contributed by atoms with van der Waals surface area (Å²) in [4.78, 5) is 10.1. The summed E-state index contributed by atoms with van der Waals surface area (Å²) in [6.45, 7) is 3.46. The summed E-state index contributed by atoms with van der Waals surface area (Å²) in [7, 11) is 0. The molecular weight excluding hydrogens is 232 g/mol. The molecule has 0 saturated heterocycles. The van der Waals surface area contributed by atoms with Crippen molar-refractivity contribution in [3.8, 4) is 11.1 Å². The van der Waals surface area contributed by atoms with Gasteiger partial charge < -0.3 is 5.21 Å². The molecule has 2 rings (SSSR count). The second-order valence-corrected chi connectivity index (χ2v) is 4.13. The zero-order valence-corrected chi connectivity index (χ0v) is 10.1. The van der Waals surface area contributed by atoms with Gasteiger partial charge in [0.15, 0.2) is 11.4 Å². The first-order valence-electron chi connectivity index (χ1n) is 5.44. The number of benzene rings is 1. The summed E-state index contributed by atoms with van der Waals surface area (Å²) in [5.41, 5.74) is 2.99. The van der Waals surface area contributed by atoms with E-state index in [9.17, 15) is 15.3 Å². The third-order valence-corrected chi connectivity index (χ3v) is 2.78. The molecule has 0 fully saturated rings. The zero-order chi connectivity index (χ0) is 13.3. The number of pyridine rings is 1. The van der Waals surface area contributed by atoms with E-state index in [2.05, 4.69) is 0 Å². The van der Waals surface area contributed by atoms with Crippen LogP contribution < -0.4 is 4.73 Å². The van der Waals surface area contributed by atoms with E-state index in [0.29, 0.717) is 11.4 Å². The predicted molar refractivity (Wildman–Crippen MR) is 67.0 cm³/mol. The van der Waals surface area contributed by atoms with Crippen LogP contribution in [0.3, 0.4) is 0 Å². The van der Waals surface area contributed by atoms with Gasteiger partial charge in [0.1, 0.15) is 0 Å². The molecule has 1 aromatic heterocycles. The minimum atomic E-state index is -0.434. The highest BCUT2D eigenvalue weighted by Gasteiger charge is 2.10. The number of nitro groups is 1. The minimum Gasteiger partial charge on any atom is -0.618 e. The van der Waals surface area contributed by atoms with E-state index in [1.165, 1.54) is 12.1 Å². The number of aromatic nitrogens is 1. The highest BCUT2D eigenvalue weighted by Crippen LogP contribution is 2.22. The molecule has 0 aliphatic heterocycles. The van der Waals surface area contributed by atoms with Crippen molar-refractivity contribution in [2.24, 2.45) is 0 Å². The molecular formula is C13H12N2O3. The van der Waals surface area contributed by atoms with Crippen LogP contribution in [-0.4, -0.2) is 4.92 Å². The van der Waals surface area contributed by atoms with Crippen molar-refractivity contribution in [3.63, 3.8) is 0 Å². The Labute approximate surface area is 104 Å². The Balaban J connectivity index is 2.46. The standard InChI is InChI=1S/C13H12N2O3/c1-9-7-12(8-10(2)14(9)16)11-3-5-13(6-4-11)15(17)18/h3-8H,1-2H3. The van der Waals surface area contributed by atoms with E-state index in [-0.39, 0.29) is 5.69 Å². The number of nitrogens with zero attached hydrogens (tertiary/aromatic N) is 2. The molecule has 0 amide bonds. The molecule has 5 nitrogen and oxygen atoms in total. The smallest absolute Gasteiger partial charge is 0.269 e. The second-order valence-electron chi connectivity index (χ2n) is 4.13. The average molecular weight is 244 g/mol. The fourth-order valence-corrected chi connectivity index (χ4v) is 1.83. The van der Waals surface area contributed by atoms with E-state index < -0.39 is 4.92 Å². The molecule has 2 aromatic rings. The van der Waals surface area contributed by atoms with Gasteiger partial charge in [0.25, 0.3) is 5.69 Å². The summed E-state index contributed by atoms with van der Waals surface area (Å²) >= 11 is 0. The van der Waals surface area contributed by atoms with Gasteiger partial charge in [0, 0.05) is 38.1 Å². The molecule has 0 unspecified atom stereocenters. The lowest BCUT2D eigenvalue weighted by molar-refractivity contribution is -0.619. The van der Waals surface area contributed by atoms with E-state index in [1.807, 2.05) is 0 Å². The molecule has 5 heteroatoms. The summed E-state index contributed by atoms with van der Waals surface area (Å²) in [5, 5.41) is 22.1. The summed E-state index contributed by atoms with van der Waals surface area (Å²) in [6, 6.07) is 9.81. The molecule has 0 radical (unpaired) electrons. The zero-order valence-electron chi connectivity index (χ0n) is 10.1. The Morgan fingerprint density at radius 2 is 1.50 bits per heavy atom. The fourth-order valence-electron chi connectivity index (χ4n) is 1.83. The van der Waals surface area contributed by atoms with Gasteiger partial charge in [-0.1, -0.05) is 0 Å². The van der Waals surface area contributed by atoms with Crippen LogP contribution in [0.5, 0.6) is 0 Å². The maximum Gasteiger partial charge on any atom is 0.269 e. The average Bonchev–Trinajstić information content (AvgIpc) is 2.35. The molecule has 0 saturated carbocycles. The van der Waals surface area contributed by atoms with Gasteiger partial charge in [-0.25, -0.2) is 0 Å². The number of hydrogen-bond acceptors (Lipinski definition) is 3. The molecule has 1 heterocycles. The Morgan fingerprint density at radius 1 is 1.00 bits per heavy atom. The van der Waals surface area contributed by atoms with E-state index in [0.717, 1.165) is 15.9 Å². The van der Waals surface area contributed by atoms with Crippen molar-refractivity contribution in [1.29, 1.82) is 0 Å². The van der Waals surface area contributed by atoms with Gasteiger partial charge in [-0.2, -0.15) is 4.73 Å². The monoisotopic (exact) mass is 244 g/mol. The first-order chi connectivity index (χ1) is 8.49. The van der Waals surface area contributed by atoms with E-state index in [4.69, 9.17) is 0 Å². The van der Waals surface area contributed by atoms with Crippen molar-refractivity contribution in [3.05, 3.63) is 63.1 Å². The SMILES string of the molecule is Cc1cc(-c2ccc([N+](=O)[O-])cc2)cc(C)[n+]1[O-]. The van der Waals surface area contributed by atoms with E-state index >= 15 is 0 Å². The number of aryl methyl sites for hydroxylation is 2. The summed E-state index contributed by atoms with van der Waals surface area (Å²) in [6.07, 6.45) is 0. The molecule has 0 spiro atoms. The topological polar surface area (TPSA) is 70.1 Å². The van der Waals surface area contributed by atoms with Crippen LogP contribution in [0.4, 0.5) is 5.69 Å². The minimum absolute atomic E-state index is 0.0574. The van der Waals surface area contributed by atoms with Gasteiger partial charge in [0.05, 0.1) is 4.92 Å². The Bertz CT molecular complexity index is 583. The van der Waals surface area contributed by atoms with Crippen molar-refractivity contribution in [1.82, 2.24) is 0 Å². The Morgan fingerprint density at radius 3 is 1.94 bits per heavy atom. The fraction of sp³-hybridized carbons (Fsp3) is 0.154. The lowest BCUT2D eigenvalue weighted by Crippen LogP contribution is -2.33. The molecule has 1 aromatic carbocycles. The maximum atomic E-state index is 11.5. The van der Waals surface area contributed by atoms with Crippen LogP contribution in [0.15, 0.2) is 36.4 Å². The lowest BCUT2D eigenvalue weighted by atomic mass is 10.0. The predicted octanol–water partition coefficient (Wildman–Crippen LogP) is 2.51. The number of nitro benzene ring substituents is 1. The van der Waals surface area contributed by atoms with Crippen molar-refractivity contribution < 1.29 is 9.65 Å². The largest absolute Gasteiger partial charge is 0.618 e. The highest BCUT2D eigenvalue weighted by molar-refractivity contribution is 5.64. The van der Waals surface area contributed by atoms with Crippen molar-refractivity contribution in [2.45, 2.75) is 13.8 Å². The third-order valence-electron chi connectivity index (χ3n) is 2.78. The molecule has 92 valence electrons. The first-order valence-corrected chi connectivity index (χ1v) is 5.44. The van der Waals surface area contributed by atoms with Gasteiger partial charge in [-0.15, -0.1) is 0 Å². The molecule has 0 bridgehead atoms. The number of rotatable bonds is 2. The van der Waals surface area contributed by atoms with E-state index in [1.54, 1.807) is 38.1 Å². The highest BCUT2D eigenvalue weighted by atomic mass is 16.6. The normalized spacial score (nSPS) is 10.3. The van der Waals surface area contributed by atoms with Crippen LogP contribution in [0, 0.1) is 29.2 Å². The van der Waals surface area contributed by atoms with Gasteiger partial charge in [-0.05, 0) is 23.3 Å². The Kier molecular flexibility index (Phi) is 2.97. The van der Waals surface area contributed by atoms with Gasteiger partial charge in [-0.3, -0.25) is 10.1 Å². The van der Waals surface area contributed by atoms with Crippen LogP contribution in [0.1, 0.15) is 11.4 Å². The van der Waals surface area contributed by atoms with Crippen molar-refractivity contribution >= 4 is 5.69 Å². The molecule has 0 aliphatic rings. The Hall–Kier alpha value is -2.43. The van der Waals surface area contributed by atoms with Crippen molar-refractivity contribution in [2.75, 3.05) is 0 Å². The molecule has 0 aliphatic carbocycles. The number of hydrogen-bond donors (Lipinski definition) is 0. The summed E-state index contributed by atoms with van der Waals surface area (Å²) < 4.78 is 0.856. The summed E-state index contributed by atoms with van der Waals surface area (Å²) in [5.74, 6) is 0. The molecule has 18 heavy (non-hydrogen) atoms. The van der Waals surface area contributed by atoms with Crippen LogP contribution in [0.2, 0.25) is 0 Å².